The van der Waals surface area contributed by atoms with Crippen LogP contribution in [0.1, 0.15) is 48.1 Å². The Morgan fingerprint density at radius 2 is 1.75 bits per heavy atom. The van der Waals surface area contributed by atoms with Crippen LogP contribution in [0.2, 0.25) is 0 Å². The molecular formula is C17H26N2O. The number of amides is 1. The molecule has 1 saturated heterocycles. The predicted molar refractivity (Wildman–Crippen MR) is 82.9 cm³/mol. The van der Waals surface area contributed by atoms with Gasteiger partial charge < -0.3 is 10.2 Å². The molecule has 1 amide bonds. The molecule has 0 radical (unpaired) electrons. The van der Waals surface area contributed by atoms with Gasteiger partial charge in [-0.3, -0.25) is 4.79 Å². The van der Waals surface area contributed by atoms with Gasteiger partial charge >= 0.3 is 0 Å². The monoisotopic (exact) mass is 274 g/mol. The van der Waals surface area contributed by atoms with Crippen LogP contribution in [0, 0.1) is 20.8 Å². The maximum atomic E-state index is 12.1. The second-order valence-corrected chi connectivity index (χ2v) is 5.98. The molecule has 1 atom stereocenters. The number of carbonyl (C=O) groups excluding carboxylic acids is 1. The number of rotatable bonds is 4. The van der Waals surface area contributed by atoms with Crippen LogP contribution >= 0.6 is 0 Å². The molecule has 1 aromatic rings. The van der Waals surface area contributed by atoms with Crippen LogP contribution in [0.4, 0.5) is 0 Å². The SMILES string of the molecule is Cc1cc(C)c(C(C)NCC(=O)N2CCCC2)cc1C. The van der Waals surface area contributed by atoms with Gasteiger partial charge in [0.05, 0.1) is 6.54 Å². The molecule has 3 heteroatoms. The molecule has 1 aliphatic rings. The number of hydrogen-bond donors (Lipinski definition) is 1. The molecule has 1 unspecified atom stereocenters. The van der Waals surface area contributed by atoms with E-state index in [1.807, 2.05) is 4.90 Å². The van der Waals surface area contributed by atoms with E-state index >= 15 is 0 Å². The zero-order valence-corrected chi connectivity index (χ0v) is 13.1. The van der Waals surface area contributed by atoms with Crippen LogP contribution in [0.15, 0.2) is 12.1 Å². The molecule has 0 saturated carbocycles. The summed E-state index contributed by atoms with van der Waals surface area (Å²) < 4.78 is 0. The van der Waals surface area contributed by atoms with Gasteiger partial charge in [0.25, 0.3) is 0 Å². The molecular weight excluding hydrogens is 248 g/mol. The van der Waals surface area contributed by atoms with E-state index in [-0.39, 0.29) is 11.9 Å². The Morgan fingerprint density at radius 1 is 1.15 bits per heavy atom. The average Bonchev–Trinajstić information content (AvgIpc) is 2.94. The number of carbonyl (C=O) groups is 1. The third kappa shape index (κ3) is 3.40. The van der Waals surface area contributed by atoms with Crippen molar-refractivity contribution in [1.29, 1.82) is 0 Å². The molecule has 1 N–H and O–H groups in total. The first kappa shape index (κ1) is 15.0. The van der Waals surface area contributed by atoms with Gasteiger partial charge in [0.15, 0.2) is 0 Å². The quantitative estimate of drug-likeness (QED) is 0.915. The van der Waals surface area contributed by atoms with Crippen LogP contribution in [0.25, 0.3) is 0 Å². The Morgan fingerprint density at radius 3 is 2.40 bits per heavy atom. The average molecular weight is 274 g/mol. The van der Waals surface area contributed by atoms with Crippen molar-refractivity contribution < 1.29 is 4.79 Å². The van der Waals surface area contributed by atoms with Gasteiger partial charge in [-0.1, -0.05) is 12.1 Å². The Balaban J connectivity index is 1.96. The second kappa shape index (κ2) is 6.40. The molecule has 0 aromatic heterocycles. The fourth-order valence-corrected chi connectivity index (χ4v) is 2.88. The van der Waals surface area contributed by atoms with E-state index in [0.717, 1.165) is 25.9 Å². The van der Waals surface area contributed by atoms with Gasteiger partial charge in [-0.15, -0.1) is 0 Å². The summed E-state index contributed by atoms with van der Waals surface area (Å²) in [4.78, 5) is 14.0. The van der Waals surface area contributed by atoms with Gasteiger partial charge in [0.1, 0.15) is 0 Å². The Kier molecular flexibility index (Phi) is 4.81. The highest BCUT2D eigenvalue weighted by Gasteiger charge is 2.18. The summed E-state index contributed by atoms with van der Waals surface area (Å²) in [7, 11) is 0. The van der Waals surface area contributed by atoms with Crippen LogP contribution in [-0.2, 0) is 4.79 Å². The van der Waals surface area contributed by atoms with E-state index in [1.54, 1.807) is 0 Å². The number of aryl methyl sites for hydroxylation is 3. The summed E-state index contributed by atoms with van der Waals surface area (Å²) in [5.41, 5.74) is 5.22. The molecule has 1 aliphatic heterocycles. The molecule has 0 bridgehead atoms. The van der Waals surface area contributed by atoms with E-state index in [0.29, 0.717) is 6.54 Å². The normalized spacial score (nSPS) is 16.5. The smallest absolute Gasteiger partial charge is 0.236 e. The van der Waals surface area contributed by atoms with E-state index in [1.165, 1.54) is 22.3 Å². The first-order valence-corrected chi connectivity index (χ1v) is 7.58. The summed E-state index contributed by atoms with van der Waals surface area (Å²) in [6.07, 6.45) is 2.30. The summed E-state index contributed by atoms with van der Waals surface area (Å²) in [5.74, 6) is 0.232. The third-order valence-electron chi connectivity index (χ3n) is 4.37. The molecule has 0 spiro atoms. The number of nitrogens with one attached hydrogen (secondary N) is 1. The number of likely N-dealkylation sites (tertiary alicyclic amines) is 1. The summed E-state index contributed by atoms with van der Waals surface area (Å²) in [6.45, 7) is 10.8. The van der Waals surface area contributed by atoms with Crippen LogP contribution < -0.4 is 5.32 Å². The standard InChI is InChI=1S/C17H26N2O/c1-12-9-14(3)16(10-13(12)2)15(4)18-11-17(20)19-7-5-6-8-19/h9-10,15,18H,5-8,11H2,1-4H3. The van der Waals surface area contributed by atoms with Gasteiger partial charge in [0, 0.05) is 19.1 Å². The van der Waals surface area contributed by atoms with E-state index < -0.39 is 0 Å². The van der Waals surface area contributed by atoms with E-state index in [9.17, 15) is 4.79 Å². The molecule has 20 heavy (non-hydrogen) atoms. The van der Waals surface area contributed by atoms with Crippen molar-refractivity contribution in [2.75, 3.05) is 19.6 Å². The Labute approximate surface area is 122 Å². The third-order valence-corrected chi connectivity index (χ3v) is 4.37. The lowest BCUT2D eigenvalue weighted by atomic mass is 9.96. The van der Waals surface area contributed by atoms with Crippen molar-refractivity contribution in [3.8, 4) is 0 Å². The summed E-state index contributed by atoms with van der Waals surface area (Å²) >= 11 is 0. The summed E-state index contributed by atoms with van der Waals surface area (Å²) in [5, 5.41) is 3.37. The lowest BCUT2D eigenvalue weighted by Gasteiger charge is -2.20. The zero-order valence-electron chi connectivity index (χ0n) is 13.1. The first-order chi connectivity index (χ1) is 9.49. The summed E-state index contributed by atoms with van der Waals surface area (Å²) in [6, 6.07) is 4.68. The highest BCUT2D eigenvalue weighted by Crippen LogP contribution is 2.21. The minimum absolute atomic E-state index is 0.209. The molecule has 110 valence electrons. The lowest BCUT2D eigenvalue weighted by Crippen LogP contribution is -2.37. The van der Waals surface area contributed by atoms with Crippen LogP contribution in [-0.4, -0.2) is 30.4 Å². The highest BCUT2D eigenvalue weighted by atomic mass is 16.2. The fraction of sp³-hybridized carbons (Fsp3) is 0.588. The lowest BCUT2D eigenvalue weighted by molar-refractivity contribution is -0.129. The molecule has 1 fully saturated rings. The van der Waals surface area contributed by atoms with Crippen molar-refractivity contribution in [3.05, 3.63) is 34.4 Å². The topological polar surface area (TPSA) is 32.3 Å². The Hall–Kier alpha value is -1.35. The van der Waals surface area contributed by atoms with E-state index in [4.69, 9.17) is 0 Å². The first-order valence-electron chi connectivity index (χ1n) is 7.58. The van der Waals surface area contributed by atoms with Crippen molar-refractivity contribution >= 4 is 5.91 Å². The highest BCUT2D eigenvalue weighted by molar-refractivity contribution is 5.78. The molecule has 1 heterocycles. The van der Waals surface area contributed by atoms with Gasteiger partial charge in [-0.25, -0.2) is 0 Å². The van der Waals surface area contributed by atoms with E-state index in [2.05, 4.69) is 45.1 Å². The van der Waals surface area contributed by atoms with Crippen molar-refractivity contribution in [1.82, 2.24) is 10.2 Å². The minimum atomic E-state index is 0.209. The van der Waals surface area contributed by atoms with Gasteiger partial charge in [0.2, 0.25) is 5.91 Å². The van der Waals surface area contributed by atoms with Crippen LogP contribution in [0.5, 0.6) is 0 Å². The molecule has 1 aromatic carbocycles. The second-order valence-electron chi connectivity index (χ2n) is 5.98. The molecule has 3 nitrogen and oxygen atoms in total. The minimum Gasteiger partial charge on any atom is -0.342 e. The number of hydrogen-bond acceptors (Lipinski definition) is 2. The Bertz CT molecular complexity index is 490. The van der Waals surface area contributed by atoms with Crippen LogP contribution in [0.3, 0.4) is 0 Å². The molecule has 2 rings (SSSR count). The maximum Gasteiger partial charge on any atom is 0.236 e. The van der Waals surface area contributed by atoms with Crippen molar-refractivity contribution in [2.24, 2.45) is 0 Å². The maximum absolute atomic E-state index is 12.1. The number of benzene rings is 1. The van der Waals surface area contributed by atoms with Crippen molar-refractivity contribution in [2.45, 2.75) is 46.6 Å². The van der Waals surface area contributed by atoms with Gasteiger partial charge in [-0.2, -0.15) is 0 Å². The number of nitrogens with zero attached hydrogens (tertiary/aromatic N) is 1. The molecule has 0 aliphatic carbocycles. The van der Waals surface area contributed by atoms with Gasteiger partial charge in [-0.05, 0) is 62.8 Å². The van der Waals surface area contributed by atoms with Crippen molar-refractivity contribution in [3.63, 3.8) is 0 Å². The predicted octanol–water partition coefficient (Wildman–Crippen LogP) is 2.88. The zero-order chi connectivity index (χ0) is 14.7. The fourth-order valence-electron chi connectivity index (χ4n) is 2.88. The largest absolute Gasteiger partial charge is 0.342 e.